The van der Waals surface area contributed by atoms with Crippen LogP contribution in [0.1, 0.15) is 32.6 Å². The van der Waals surface area contributed by atoms with E-state index in [1.807, 2.05) is 6.92 Å². The molecule has 0 aromatic carbocycles. The molecule has 3 nitrogen and oxygen atoms in total. The van der Waals surface area contributed by atoms with E-state index in [1.54, 1.807) is 0 Å². The van der Waals surface area contributed by atoms with Gasteiger partial charge in [0.2, 0.25) is 0 Å². The number of hydrogen-bond donors (Lipinski definition) is 1. The van der Waals surface area contributed by atoms with Crippen molar-refractivity contribution in [3.05, 3.63) is 0 Å². The van der Waals surface area contributed by atoms with Crippen LogP contribution >= 0.6 is 0 Å². The van der Waals surface area contributed by atoms with Crippen molar-refractivity contribution in [3.8, 4) is 0 Å². The third-order valence-electron chi connectivity index (χ3n) is 1.26. The van der Waals surface area contributed by atoms with Gasteiger partial charge in [-0.05, 0) is 6.42 Å². The summed E-state index contributed by atoms with van der Waals surface area (Å²) in [6.45, 7) is 2.05. The van der Waals surface area contributed by atoms with Crippen LogP contribution in [-0.2, 0) is 10.1 Å². The molecule has 0 saturated heterocycles. The Morgan fingerprint density at radius 1 is 1.18 bits per heavy atom. The average molecular weight is 300 g/mol. The fourth-order valence-electron chi connectivity index (χ4n) is 0.711. The van der Waals surface area contributed by atoms with E-state index >= 15 is 0 Å². The Balaban J connectivity index is 0. The molecule has 64 valence electrons. The van der Waals surface area contributed by atoms with Crippen LogP contribution in [-0.4, -0.2) is 87.6 Å². The van der Waals surface area contributed by atoms with E-state index in [2.05, 4.69) is 0 Å². The topological polar surface area (TPSA) is 54.4 Å². The van der Waals surface area contributed by atoms with E-state index in [0.29, 0.717) is 6.42 Å². The molecule has 1 N–H and O–H groups in total. The molecule has 0 aliphatic rings. The number of hydrogen-bond acceptors (Lipinski definition) is 2. The normalized spacial score (nSPS) is 10.7. The van der Waals surface area contributed by atoms with E-state index in [4.69, 9.17) is 4.55 Å². The summed E-state index contributed by atoms with van der Waals surface area (Å²) in [6.07, 6.45) is 3.57. The summed E-state index contributed by atoms with van der Waals surface area (Å²) < 4.78 is 28.6. The molecule has 0 bridgehead atoms. The van der Waals surface area contributed by atoms with Gasteiger partial charge in [-0.25, -0.2) is 0 Å². The van der Waals surface area contributed by atoms with Gasteiger partial charge in [0.15, 0.2) is 0 Å². The molecule has 0 aliphatic heterocycles. The molecular weight excluding hydrogens is 285 g/mol. The van der Waals surface area contributed by atoms with Crippen LogP contribution < -0.4 is 0 Å². The number of unbranched alkanes of at least 4 members (excludes halogenated alkanes) is 3. The third kappa shape index (κ3) is 14.8. The quantitative estimate of drug-likeness (QED) is 0.604. The second-order valence-electron chi connectivity index (χ2n) is 2.35. The standard InChI is InChI=1S/C6H14O3S.Cs.H/c1-2-3-4-5-6-10(7,8)9;;/h2-6H2,1H3,(H,7,8,9);;. The van der Waals surface area contributed by atoms with E-state index in [9.17, 15) is 8.42 Å². The van der Waals surface area contributed by atoms with Gasteiger partial charge < -0.3 is 0 Å². The Hall–Kier alpha value is 1.96. The Labute approximate surface area is 127 Å². The van der Waals surface area contributed by atoms with Crippen LogP contribution in [0.2, 0.25) is 0 Å². The van der Waals surface area contributed by atoms with Crippen LogP contribution in [0.4, 0.5) is 0 Å². The zero-order valence-corrected chi connectivity index (χ0v) is 7.02. The maximum atomic E-state index is 10.1. The van der Waals surface area contributed by atoms with Crippen molar-refractivity contribution < 1.29 is 13.0 Å². The zero-order chi connectivity index (χ0) is 8.04. The first kappa shape index (κ1) is 15.4. The molecule has 0 unspecified atom stereocenters. The van der Waals surface area contributed by atoms with Crippen LogP contribution in [0, 0.1) is 0 Å². The van der Waals surface area contributed by atoms with Crippen molar-refractivity contribution in [3.63, 3.8) is 0 Å². The van der Waals surface area contributed by atoms with Gasteiger partial charge in [-0.3, -0.25) is 4.55 Å². The molecule has 11 heavy (non-hydrogen) atoms. The van der Waals surface area contributed by atoms with E-state index < -0.39 is 10.1 Å². The fraction of sp³-hybridized carbons (Fsp3) is 1.00. The second kappa shape index (κ2) is 8.56. The second-order valence-corrected chi connectivity index (χ2v) is 3.92. The van der Waals surface area contributed by atoms with Crippen LogP contribution in [0.15, 0.2) is 0 Å². The van der Waals surface area contributed by atoms with Crippen molar-refractivity contribution in [1.29, 1.82) is 0 Å². The molecule has 0 fully saturated rings. The predicted molar refractivity (Wildman–Crippen MR) is 47.7 cm³/mol. The Morgan fingerprint density at radius 3 is 2.09 bits per heavy atom. The average Bonchev–Trinajstić information content (AvgIpc) is 1.78. The van der Waals surface area contributed by atoms with Gasteiger partial charge in [0.25, 0.3) is 10.1 Å². The molecule has 0 aromatic heterocycles. The van der Waals surface area contributed by atoms with Crippen molar-refractivity contribution in [2.24, 2.45) is 0 Å². The zero-order valence-electron chi connectivity index (χ0n) is 6.21. The predicted octanol–water partition coefficient (Wildman–Crippen LogP) is 0.806. The summed E-state index contributed by atoms with van der Waals surface area (Å²) in [5.41, 5.74) is 0. The minimum absolute atomic E-state index is 0. The molecule has 0 rings (SSSR count). The number of rotatable bonds is 5. The first-order valence-corrected chi connectivity index (χ1v) is 5.12. The molecule has 0 saturated carbocycles. The van der Waals surface area contributed by atoms with Gasteiger partial charge in [-0.1, -0.05) is 26.2 Å². The fourth-order valence-corrected chi connectivity index (χ4v) is 1.28. The molecule has 0 heterocycles. The molecule has 0 spiro atoms. The van der Waals surface area contributed by atoms with E-state index in [1.165, 1.54) is 0 Å². The van der Waals surface area contributed by atoms with Gasteiger partial charge in [0.05, 0.1) is 5.75 Å². The van der Waals surface area contributed by atoms with E-state index in [-0.39, 0.29) is 74.6 Å². The van der Waals surface area contributed by atoms with Crippen molar-refractivity contribution in [2.45, 2.75) is 32.6 Å². The van der Waals surface area contributed by atoms with Crippen molar-refractivity contribution in [1.82, 2.24) is 0 Å². The van der Waals surface area contributed by atoms with E-state index in [0.717, 1.165) is 19.3 Å². The monoisotopic (exact) mass is 300 g/mol. The molecular formula is C6H15CsO3S. The van der Waals surface area contributed by atoms with Crippen LogP contribution in [0.3, 0.4) is 0 Å². The van der Waals surface area contributed by atoms with Gasteiger partial charge in [0, 0.05) is 0 Å². The summed E-state index contributed by atoms with van der Waals surface area (Å²) in [4.78, 5) is 0. The molecule has 0 amide bonds. The molecule has 0 aromatic rings. The SMILES string of the molecule is CCCCCCS(=O)(=O)O.[CsH]. The third-order valence-corrected chi connectivity index (χ3v) is 2.06. The first-order valence-electron chi connectivity index (χ1n) is 3.51. The summed E-state index contributed by atoms with van der Waals surface area (Å²) in [5.74, 6) is -0.0903. The summed E-state index contributed by atoms with van der Waals surface area (Å²) >= 11 is 0. The van der Waals surface area contributed by atoms with Gasteiger partial charge in [-0.2, -0.15) is 8.42 Å². The molecule has 0 aliphatic carbocycles. The molecule has 0 atom stereocenters. The van der Waals surface area contributed by atoms with Crippen LogP contribution in [0.5, 0.6) is 0 Å². The molecule has 5 heteroatoms. The molecule has 0 radical (unpaired) electrons. The maximum absolute atomic E-state index is 10.1. The Bertz CT molecular complexity index is 165. The Kier molecular flexibility index (Phi) is 12.0. The van der Waals surface area contributed by atoms with Crippen molar-refractivity contribution >= 4 is 79.0 Å². The minimum atomic E-state index is -3.70. The summed E-state index contributed by atoms with van der Waals surface area (Å²) in [5, 5.41) is 0. The van der Waals surface area contributed by atoms with Crippen LogP contribution in [0.25, 0.3) is 0 Å². The summed E-state index contributed by atoms with van der Waals surface area (Å²) in [6, 6.07) is 0. The van der Waals surface area contributed by atoms with Gasteiger partial charge in [0.1, 0.15) is 0 Å². The summed E-state index contributed by atoms with van der Waals surface area (Å²) in [7, 11) is -3.70. The van der Waals surface area contributed by atoms with Crippen molar-refractivity contribution in [2.75, 3.05) is 5.75 Å². The first-order chi connectivity index (χ1) is 4.56. The van der Waals surface area contributed by atoms with Gasteiger partial charge >= 0.3 is 68.9 Å². The Morgan fingerprint density at radius 2 is 1.73 bits per heavy atom. The van der Waals surface area contributed by atoms with Gasteiger partial charge in [-0.15, -0.1) is 0 Å².